The van der Waals surface area contributed by atoms with Gasteiger partial charge in [0.1, 0.15) is 0 Å². The monoisotopic (exact) mass is 304 g/mol. The van der Waals surface area contributed by atoms with Gasteiger partial charge in [-0.25, -0.2) is 0 Å². The first kappa shape index (κ1) is 14.8. The predicted octanol–water partition coefficient (Wildman–Crippen LogP) is 1.99. The van der Waals surface area contributed by atoms with Crippen LogP contribution in [-0.4, -0.2) is 43.3 Å². The molecule has 0 aliphatic heterocycles. The fraction of sp³-hybridized carbons (Fsp3) is 0.364. The summed E-state index contributed by atoms with van der Waals surface area (Å²) in [5, 5.41) is 20.0. The third-order valence-electron chi connectivity index (χ3n) is 2.44. The molecule has 0 aliphatic rings. The molecule has 0 saturated heterocycles. The zero-order chi connectivity index (χ0) is 14.8. The van der Waals surface area contributed by atoms with Gasteiger partial charge in [0.2, 0.25) is 5.16 Å². The Morgan fingerprint density at radius 1 is 1.40 bits per heavy atom. The van der Waals surface area contributed by atoms with Crippen LogP contribution in [0.2, 0.25) is 0 Å². The SMILES string of the molecule is Cc1cccc(-n2nnnc2SCC(O)C(F)(F)F)c1. The lowest BCUT2D eigenvalue weighted by Gasteiger charge is -2.13. The number of aliphatic hydroxyl groups is 1. The summed E-state index contributed by atoms with van der Waals surface area (Å²) < 4.78 is 38.0. The number of hydrogen-bond donors (Lipinski definition) is 1. The minimum atomic E-state index is -4.64. The van der Waals surface area contributed by atoms with E-state index in [0.29, 0.717) is 5.69 Å². The van der Waals surface area contributed by atoms with E-state index in [2.05, 4.69) is 15.5 Å². The quantitative estimate of drug-likeness (QED) is 0.875. The van der Waals surface area contributed by atoms with E-state index < -0.39 is 18.0 Å². The number of nitrogens with zero attached hydrogens (tertiary/aromatic N) is 4. The molecule has 0 fully saturated rings. The number of rotatable bonds is 4. The van der Waals surface area contributed by atoms with Crippen molar-refractivity contribution in [3.8, 4) is 5.69 Å². The molecule has 1 atom stereocenters. The van der Waals surface area contributed by atoms with Crippen molar-refractivity contribution < 1.29 is 18.3 Å². The summed E-state index contributed by atoms with van der Waals surface area (Å²) in [6, 6.07) is 7.23. The van der Waals surface area contributed by atoms with Crippen molar-refractivity contribution in [1.82, 2.24) is 20.2 Å². The Labute approximate surface area is 116 Å². The Bertz CT molecular complexity index is 587. The Morgan fingerprint density at radius 3 is 2.80 bits per heavy atom. The first-order valence-electron chi connectivity index (χ1n) is 5.61. The van der Waals surface area contributed by atoms with Crippen LogP contribution in [0.15, 0.2) is 29.4 Å². The molecule has 2 aromatic rings. The molecule has 9 heteroatoms. The summed E-state index contributed by atoms with van der Waals surface area (Å²) in [5.74, 6) is -0.560. The van der Waals surface area contributed by atoms with Crippen molar-refractivity contribution in [2.24, 2.45) is 0 Å². The van der Waals surface area contributed by atoms with Crippen LogP contribution >= 0.6 is 11.8 Å². The van der Waals surface area contributed by atoms with E-state index in [1.165, 1.54) is 4.68 Å². The Hall–Kier alpha value is -1.61. The van der Waals surface area contributed by atoms with Gasteiger partial charge in [0.25, 0.3) is 0 Å². The second kappa shape index (κ2) is 5.80. The van der Waals surface area contributed by atoms with Gasteiger partial charge < -0.3 is 5.11 Å². The normalized spacial score (nSPS) is 13.4. The van der Waals surface area contributed by atoms with E-state index in [1.54, 1.807) is 18.2 Å². The maximum atomic E-state index is 12.2. The van der Waals surface area contributed by atoms with Gasteiger partial charge in [-0.05, 0) is 35.0 Å². The molecule has 5 nitrogen and oxygen atoms in total. The number of aryl methyl sites for hydroxylation is 1. The summed E-state index contributed by atoms with van der Waals surface area (Å²) in [7, 11) is 0. The molecule has 1 unspecified atom stereocenters. The van der Waals surface area contributed by atoms with Crippen molar-refractivity contribution in [1.29, 1.82) is 0 Å². The molecule has 1 aromatic carbocycles. The van der Waals surface area contributed by atoms with E-state index >= 15 is 0 Å². The standard InChI is InChI=1S/C11H11F3N4OS/c1-7-3-2-4-8(5-7)18-10(15-16-17-18)20-6-9(19)11(12,13)14/h2-5,9,19H,6H2,1H3. The van der Waals surface area contributed by atoms with Gasteiger partial charge in [-0.3, -0.25) is 0 Å². The maximum absolute atomic E-state index is 12.2. The van der Waals surface area contributed by atoms with Gasteiger partial charge in [0.05, 0.1) is 5.69 Å². The molecule has 1 aromatic heterocycles. The fourth-order valence-electron chi connectivity index (χ4n) is 1.44. The number of aliphatic hydroxyl groups excluding tert-OH is 1. The highest BCUT2D eigenvalue weighted by atomic mass is 32.2. The van der Waals surface area contributed by atoms with Crippen molar-refractivity contribution in [3.05, 3.63) is 29.8 Å². The highest BCUT2D eigenvalue weighted by Gasteiger charge is 2.38. The summed E-state index contributed by atoms with van der Waals surface area (Å²) in [6.07, 6.45) is -7.05. The van der Waals surface area contributed by atoms with Gasteiger partial charge in [-0.15, -0.1) is 5.10 Å². The molecule has 2 rings (SSSR count). The Kier molecular flexibility index (Phi) is 4.29. The Morgan fingerprint density at radius 2 is 2.15 bits per heavy atom. The number of alkyl halides is 3. The highest BCUT2D eigenvalue weighted by molar-refractivity contribution is 7.99. The van der Waals surface area contributed by atoms with Crippen molar-refractivity contribution >= 4 is 11.8 Å². The summed E-state index contributed by atoms with van der Waals surface area (Å²) in [5.41, 5.74) is 1.63. The minimum Gasteiger partial charge on any atom is -0.383 e. The highest BCUT2D eigenvalue weighted by Crippen LogP contribution is 2.26. The topological polar surface area (TPSA) is 63.8 Å². The predicted molar refractivity (Wildman–Crippen MR) is 66.7 cm³/mol. The van der Waals surface area contributed by atoms with Gasteiger partial charge in [0, 0.05) is 5.75 Å². The number of tetrazole rings is 1. The lowest BCUT2D eigenvalue weighted by molar-refractivity contribution is -0.195. The lowest BCUT2D eigenvalue weighted by Crippen LogP contribution is -2.30. The van der Waals surface area contributed by atoms with Gasteiger partial charge >= 0.3 is 6.18 Å². The van der Waals surface area contributed by atoms with Gasteiger partial charge in [0.15, 0.2) is 6.10 Å². The van der Waals surface area contributed by atoms with Crippen LogP contribution in [0, 0.1) is 6.92 Å². The molecule has 0 spiro atoms. The first-order valence-corrected chi connectivity index (χ1v) is 6.59. The molecular formula is C11H11F3N4OS. The Balaban J connectivity index is 2.14. The smallest absolute Gasteiger partial charge is 0.383 e. The van der Waals surface area contributed by atoms with Crippen molar-refractivity contribution in [3.63, 3.8) is 0 Å². The lowest BCUT2D eigenvalue weighted by atomic mass is 10.2. The van der Waals surface area contributed by atoms with Crippen molar-refractivity contribution in [2.75, 3.05) is 5.75 Å². The second-order valence-electron chi connectivity index (χ2n) is 4.08. The van der Waals surface area contributed by atoms with Crippen LogP contribution in [0.5, 0.6) is 0 Å². The largest absolute Gasteiger partial charge is 0.415 e. The molecule has 1 N–H and O–H groups in total. The van der Waals surface area contributed by atoms with Crippen LogP contribution in [0.25, 0.3) is 5.69 Å². The van der Waals surface area contributed by atoms with E-state index in [0.717, 1.165) is 17.3 Å². The minimum absolute atomic E-state index is 0.193. The van der Waals surface area contributed by atoms with Crippen LogP contribution in [0.1, 0.15) is 5.56 Å². The molecule has 0 saturated carbocycles. The summed E-state index contributed by atoms with van der Waals surface area (Å²) in [6.45, 7) is 1.88. The third kappa shape index (κ3) is 3.48. The molecule has 0 radical (unpaired) electrons. The molecular weight excluding hydrogens is 293 g/mol. The van der Waals surface area contributed by atoms with Crippen LogP contribution in [-0.2, 0) is 0 Å². The number of thioether (sulfide) groups is 1. The summed E-state index contributed by atoms with van der Waals surface area (Å²) >= 11 is 0.746. The first-order chi connectivity index (χ1) is 9.38. The maximum Gasteiger partial charge on any atom is 0.415 e. The number of aromatic nitrogens is 4. The average Bonchev–Trinajstić information content (AvgIpc) is 2.83. The third-order valence-corrected chi connectivity index (χ3v) is 3.43. The second-order valence-corrected chi connectivity index (χ2v) is 5.07. The van der Waals surface area contributed by atoms with E-state index in [-0.39, 0.29) is 5.16 Å². The van der Waals surface area contributed by atoms with Crippen LogP contribution in [0.4, 0.5) is 13.2 Å². The fourth-order valence-corrected chi connectivity index (χ4v) is 2.29. The van der Waals surface area contributed by atoms with Crippen LogP contribution < -0.4 is 0 Å². The van der Waals surface area contributed by atoms with E-state index in [1.807, 2.05) is 13.0 Å². The molecule has 108 valence electrons. The van der Waals surface area contributed by atoms with Crippen LogP contribution in [0.3, 0.4) is 0 Å². The van der Waals surface area contributed by atoms with E-state index in [9.17, 15) is 13.2 Å². The number of hydrogen-bond acceptors (Lipinski definition) is 5. The number of benzene rings is 1. The molecule has 0 bridgehead atoms. The zero-order valence-corrected chi connectivity index (χ0v) is 11.2. The van der Waals surface area contributed by atoms with E-state index in [4.69, 9.17) is 5.11 Å². The molecule has 0 amide bonds. The molecule has 1 heterocycles. The van der Waals surface area contributed by atoms with Crippen molar-refractivity contribution in [2.45, 2.75) is 24.4 Å². The zero-order valence-electron chi connectivity index (χ0n) is 10.4. The number of halogens is 3. The summed E-state index contributed by atoms with van der Waals surface area (Å²) in [4.78, 5) is 0. The van der Waals surface area contributed by atoms with Gasteiger partial charge in [-0.1, -0.05) is 23.9 Å². The molecule has 20 heavy (non-hydrogen) atoms. The molecule has 0 aliphatic carbocycles. The van der Waals surface area contributed by atoms with Gasteiger partial charge in [-0.2, -0.15) is 17.9 Å². The average molecular weight is 304 g/mol.